The molecule has 1 aromatic carbocycles. The molecule has 1 aliphatic heterocycles. The molecule has 2 aromatic rings. The maximum atomic E-state index is 12.8. The van der Waals surface area contributed by atoms with Gasteiger partial charge in [0.25, 0.3) is 5.91 Å². The lowest BCUT2D eigenvalue weighted by molar-refractivity contribution is 0.0708. The van der Waals surface area contributed by atoms with Crippen LogP contribution in [0.1, 0.15) is 39.9 Å². The Hall–Kier alpha value is -2.40. The molecule has 132 valence electrons. The molecule has 0 spiro atoms. The normalized spacial score (nSPS) is 17.4. The number of benzene rings is 1. The summed E-state index contributed by atoms with van der Waals surface area (Å²) in [5.74, 6) is 0.885. The Bertz CT molecular complexity index is 723. The lowest BCUT2D eigenvalue weighted by atomic mass is 10.0. The molecule has 25 heavy (non-hydrogen) atoms. The van der Waals surface area contributed by atoms with Crippen LogP contribution in [-0.4, -0.2) is 34.9 Å². The fourth-order valence-electron chi connectivity index (χ4n) is 3.32. The molecule has 2 N–H and O–H groups in total. The lowest BCUT2D eigenvalue weighted by Crippen LogP contribution is -2.45. The fraction of sp³-hybridized carbons (Fsp3) is 0.400. The fourth-order valence-corrected chi connectivity index (χ4v) is 3.32. The number of aryl methyl sites for hydroxylation is 2. The van der Waals surface area contributed by atoms with Crippen LogP contribution in [-0.2, 0) is 6.61 Å². The van der Waals surface area contributed by atoms with Crippen molar-refractivity contribution in [1.82, 2.24) is 9.88 Å². The Kier molecular flexibility index (Phi) is 5.34. The lowest BCUT2D eigenvalue weighted by Gasteiger charge is -2.31. The highest BCUT2D eigenvalue weighted by atomic mass is 16.5. The standard InChI is InChI=1S/C20H25N3O2/c1-14-9-17(20(24)23-8-4-6-18(21)12-23)10-15(2)19(14)25-13-16-5-3-7-22-11-16/h3,5,7,9-11,18H,4,6,8,12-13,21H2,1-2H3. The van der Waals surface area contributed by atoms with Gasteiger partial charge in [-0.25, -0.2) is 0 Å². The van der Waals surface area contributed by atoms with Gasteiger partial charge in [0.2, 0.25) is 0 Å². The smallest absolute Gasteiger partial charge is 0.253 e. The Morgan fingerprint density at radius 3 is 2.76 bits per heavy atom. The molecule has 0 saturated carbocycles. The number of carbonyl (C=O) groups excluding carboxylic acids is 1. The minimum absolute atomic E-state index is 0.0557. The topological polar surface area (TPSA) is 68.5 Å². The summed E-state index contributed by atoms with van der Waals surface area (Å²) in [5, 5.41) is 0. The van der Waals surface area contributed by atoms with Crippen LogP contribution in [0.25, 0.3) is 0 Å². The minimum atomic E-state index is 0.0557. The van der Waals surface area contributed by atoms with Gasteiger partial charge in [0.1, 0.15) is 12.4 Å². The van der Waals surface area contributed by atoms with Crippen LogP contribution in [0.2, 0.25) is 0 Å². The van der Waals surface area contributed by atoms with Crippen molar-refractivity contribution >= 4 is 5.91 Å². The highest BCUT2D eigenvalue weighted by Crippen LogP contribution is 2.27. The number of pyridine rings is 1. The van der Waals surface area contributed by atoms with Crippen molar-refractivity contribution in [3.8, 4) is 5.75 Å². The summed E-state index contributed by atoms with van der Waals surface area (Å²) in [5.41, 5.74) is 9.66. The Morgan fingerprint density at radius 1 is 1.36 bits per heavy atom. The third-order valence-electron chi connectivity index (χ3n) is 4.56. The van der Waals surface area contributed by atoms with E-state index >= 15 is 0 Å². The number of nitrogens with zero attached hydrogens (tertiary/aromatic N) is 2. The largest absolute Gasteiger partial charge is 0.488 e. The van der Waals surface area contributed by atoms with E-state index in [4.69, 9.17) is 10.5 Å². The second kappa shape index (κ2) is 7.66. The summed E-state index contributed by atoms with van der Waals surface area (Å²) in [6.45, 7) is 5.83. The van der Waals surface area contributed by atoms with Crippen LogP contribution in [0.4, 0.5) is 0 Å². The number of nitrogens with two attached hydrogens (primary N) is 1. The molecule has 0 aliphatic carbocycles. The molecule has 1 saturated heterocycles. The Balaban J connectivity index is 1.74. The third-order valence-corrected chi connectivity index (χ3v) is 4.56. The summed E-state index contributed by atoms with van der Waals surface area (Å²) in [6, 6.07) is 7.78. The Morgan fingerprint density at radius 2 is 2.12 bits per heavy atom. The van der Waals surface area contributed by atoms with Crippen molar-refractivity contribution in [1.29, 1.82) is 0 Å². The first-order valence-electron chi connectivity index (χ1n) is 8.72. The van der Waals surface area contributed by atoms with Gasteiger partial charge in [-0.1, -0.05) is 6.07 Å². The number of likely N-dealkylation sites (tertiary alicyclic amines) is 1. The van der Waals surface area contributed by atoms with Crippen LogP contribution >= 0.6 is 0 Å². The van der Waals surface area contributed by atoms with Gasteiger partial charge in [-0.15, -0.1) is 0 Å². The number of hydrogen-bond acceptors (Lipinski definition) is 4. The Labute approximate surface area is 148 Å². The maximum Gasteiger partial charge on any atom is 0.253 e. The number of carbonyl (C=O) groups is 1. The zero-order chi connectivity index (χ0) is 17.8. The molecule has 1 fully saturated rings. The third kappa shape index (κ3) is 4.17. The quantitative estimate of drug-likeness (QED) is 0.930. The summed E-state index contributed by atoms with van der Waals surface area (Å²) < 4.78 is 5.97. The number of hydrogen-bond donors (Lipinski definition) is 1. The summed E-state index contributed by atoms with van der Waals surface area (Å²) in [6.07, 6.45) is 5.50. The van der Waals surface area contributed by atoms with Gasteiger partial charge in [0, 0.05) is 42.7 Å². The molecule has 0 bridgehead atoms. The first kappa shape index (κ1) is 17.4. The first-order valence-corrected chi connectivity index (χ1v) is 8.72. The molecule has 1 amide bonds. The van der Waals surface area contributed by atoms with Crippen LogP contribution < -0.4 is 10.5 Å². The first-order chi connectivity index (χ1) is 12.0. The van der Waals surface area contributed by atoms with E-state index in [0.717, 1.165) is 41.8 Å². The average molecular weight is 339 g/mol. The molecule has 1 atom stereocenters. The molecular weight excluding hydrogens is 314 g/mol. The van der Waals surface area contributed by atoms with Crippen molar-refractivity contribution in [2.75, 3.05) is 13.1 Å². The van der Waals surface area contributed by atoms with Gasteiger partial charge in [-0.2, -0.15) is 0 Å². The maximum absolute atomic E-state index is 12.8. The molecule has 1 aromatic heterocycles. The molecule has 0 radical (unpaired) electrons. The minimum Gasteiger partial charge on any atom is -0.488 e. The van der Waals surface area contributed by atoms with Crippen LogP contribution in [0.3, 0.4) is 0 Å². The van der Waals surface area contributed by atoms with Crippen molar-refractivity contribution in [2.24, 2.45) is 5.73 Å². The van der Waals surface area contributed by atoms with Gasteiger partial charge in [-0.3, -0.25) is 9.78 Å². The molecule has 2 heterocycles. The van der Waals surface area contributed by atoms with Crippen molar-refractivity contribution < 1.29 is 9.53 Å². The number of piperidine rings is 1. The zero-order valence-electron chi connectivity index (χ0n) is 14.9. The SMILES string of the molecule is Cc1cc(C(=O)N2CCCC(N)C2)cc(C)c1OCc1cccnc1. The summed E-state index contributed by atoms with van der Waals surface area (Å²) >= 11 is 0. The van der Waals surface area contributed by atoms with Crippen LogP contribution in [0.15, 0.2) is 36.7 Å². The van der Waals surface area contributed by atoms with Crippen molar-refractivity contribution in [3.63, 3.8) is 0 Å². The molecule has 1 unspecified atom stereocenters. The monoisotopic (exact) mass is 339 g/mol. The van der Waals surface area contributed by atoms with Gasteiger partial charge in [0.05, 0.1) is 0 Å². The van der Waals surface area contributed by atoms with E-state index in [1.165, 1.54) is 0 Å². The van der Waals surface area contributed by atoms with Crippen molar-refractivity contribution in [2.45, 2.75) is 39.3 Å². The van der Waals surface area contributed by atoms with E-state index in [2.05, 4.69) is 4.98 Å². The zero-order valence-corrected chi connectivity index (χ0v) is 14.9. The van der Waals surface area contributed by atoms with E-state index in [-0.39, 0.29) is 11.9 Å². The molecular formula is C20H25N3O2. The second-order valence-corrected chi connectivity index (χ2v) is 6.74. The summed E-state index contributed by atoms with van der Waals surface area (Å²) in [7, 11) is 0. The summed E-state index contributed by atoms with van der Waals surface area (Å²) in [4.78, 5) is 18.7. The van der Waals surface area contributed by atoms with Gasteiger partial charge >= 0.3 is 0 Å². The van der Waals surface area contributed by atoms with E-state index in [9.17, 15) is 4.79 Å². The molecule has 5 nitrogen and oxygen atoms in total. The number of ether oxygens (including phenoxy) is 1. The van der Waals surface area contributed by atoms with Gasteiger partial charge in [0.15, 0.2) is 0 Å². The number of aromatic nitrogens is 1. The van der Waals surface area contributed by atoms with Crippen LogP contribution in [0.5, 0.6) is 5.75 Å². The second-order valence-electron chi connectivity index (χ2n) is 6.74. The van der Waals surface area contributed by atoms with Crippen LogP contribution in [0, 0.1) is 13.8 Å². The van der Waals surface area contributed by atoms with Gasteiger partial charge < -0.3 is 15.4 Å². The number of amides is 1. The predicted molar refractivity (Wildman–Crippen MR) is 97.6 cm³/mol. The highest BCUT2D eigenvalue weighted by Gasteiger charge is 2.23. The number of rotatable bonds is 4. The van der Waals surface area contributed by atoms with Crippen molar-refractivity contribution in [3.05, 3.63) is 58.9 Å². The molecule has 3 rings (SSSR count). The molecule has 5 heteroatoms. The van der Waals surface area contributed by atoms with E-state index in [1.54, 1.807) is 12.4 Å². The molecule has 1 aliphatic rings. The van der Waals surface area contributed by atoms with Gasteiger partial charge in [-0.05, 0) is 56.0 Å². The predicted octanol–water partition coefficient (Wildman–Crippen LogP) is 2.84. The van der Waals surface area contributed by atoms with E-state index in [1.807, 2.05) is 43.0 Å². The average Bonchev–Trinajstić information content (AvgIpc) is 2.61. The van der Waals surface area contributed by atoms with E-state index < -0.39 is 0 Å². The highest BCUT2D eigenvalue weighted by molar-refractivity contribution is 5.95. The van der Waals surface area contributed by atoms with E-state index in [0.29, 0.717) is 18.7 Å².